The van der Waals surface area contributed by atoms with Crippen molar-refractivity contribution in [2.75, 3.05) is 11.5 Å². The molecule has 3 aromatic carbocycles. The number of aliphatic hydroxyl groups excluding tert-OH is 1. The van der Waals surface area contributed by atoms with Gasteiger partial charge in [0.05, 0.1) is 33.4 Å². The summed E-state index contributed by atoms with van der Waals surface area (Å²) in [5.41, 5.74) is 1.29. The van der Waals surface area contributed by atoms with E-state index in [-0.39, 0.29) is 33.8 Å². The van der Waals surface area contributed by atoms with Crippen LogP contribution in [0.2, 0.25) is 0 Å². The number of imide groups is 1. The first-order valence-electron chi connectivity index (χ1n) is 10.6. The molecule has 0 aliphatic carbocycles. The summed E-state index contributed by atoms with van der Waals surface area (Å²) < 4.78 is 18.4. The highest BCUT2D eigenvalue weighted by atomic mass is 19.1. The van der Waals surface area contributed by atoms with E-state index >= 15 is 0 Å². The molecule has 1 aliphatic rings. The summed E-state index contributed by atoms with van der Waals surface area (Å²) in [7, 11) is 0. The van der Waals surface area contributed by atoms with E-state index in [0.29, 0.717) is 11.0 Å². The van der Waals surface area contributed by atoms with Gasteiger partial charge >= 0.3 is 5.97 Å². The molecule has 1 aliphatic heterocycles. The number of H-pyrrole nitrogens is 1. The lowest BCUT2D eigenvalue weighted by Gasteiger charge is -2.13. The Morgan fingerprint density at radius 2 is 1.78 bits per heavy atom. The van der Waals surface area contributed by atoms with Crippen molar-refractivity contribution in [3.63, 3.8) is 0 Å². The molecule has 4 aromatic rings. The number of hydrogen-bond donors (Lipinski definition) is 2. The normalized spacial score (nSPS) is 13.4. The molecular formula is C26H15FN4O5. The van der Waals surface area contributed by atoms with Gasteiger partial charge in [0.25, 0.3) is 11.8 Å². The van der Waals surface area contributed by atoms with Crippen LogP contribution in [0.3, 0.4) is 0 Å². The molecule has 0 unspecified atom stereocenters. The van der Waals surface area contributed by atoms with E-state index in [1.54, 1.807) is 24.3 Å². The van der Waals surface area contributed by atoms with Crippen molar-refractivity contribution in [1.82, 2.24) is 9.97 Å². The number of aromatic nitrogens is 2. The third kappa shape index (κ3) is 3.84. The maximum Gasteiger partial charge on any atom is 0.338 e. The molecule has 0 spiro atoms. The highest BCUT2D eigenvalue weighted by molar-refractivity contribution is 6.34. The van der Waals surface area contributed by atoms with Crippen LogP contribution >= 0.6 is 0 Å². The molecular weight excluding hydrogens is 467 g/mol. The minimum Gasteiger partial charge on any atom is -0.507 e. The van der Waals surface area contributed by atoms with E-state index in [1.165, 1.54) is 30.3 Å². The third-order valence-electron chi connectivity index (χ3n) is 5.57. The Kier molecular flexibility index (Phi) is 5.50. The van der Waals surface area contributed by atoms with Crippen LogP contribution in [-0.4, -0.2) is 39.5 Å². The number of nitrogens with one attached hydrogen (secondary N) is 1. The number of rotatable bonds is 5. The summed E-state index contributed by atoms with van der Waals surface area (Å²) in [6.45, 7) is -0.621. The molecule has 36 heavy (non-hydrogen) atoms. The zero-order valence-corrected chi connectivity index (χ0v) is 18.4. The SMILES string of the molecule is N#C/C(=C(/O)COC(=O)c1ccc2c(c1)C(=O)N(c1ccc(F)cc1)C2=O)c1nc2ccccc2[nH]1. The molecule has 176 valence electrons. The summed E-state index contributed by atoms with van der Waals surface area (Å²) in [5.74, 6) is -3.07. The number of ether oxygens (including phenoxy) is 1. The number of imidazole rings is 1. The van der Waals surface area contributed by atoms with Gasteiger partial charge in [-0.3, -0.25) is 9.59 Å². The number of aromatic amines is 1. The van der Waals surface area contributed by atoms with Crippen molar-refractivity contribution < 1.29 is 28.6 Å². The lowest BCUT2D eigenvalue weighted by Crippen LogP contribution is -2.29. The van der Waals surface area contributed by atoms with Crippen LogP contribution < -0.4 is 4.90 Å². The van der Waals surface area contributed by atoms with E-state index in [1.807, 2.05) is 6.07 Å². The van der Waals surface area contributed by atoms with Gasteiger partial charge in [-0.2, -0.15) is 5.26 Å². The first kappa shape index (κ1) is 22.5. The summed E-state index contributed by atoms with van der Waals surface area (Å²) in [6.07, 6.45) is 0. The average Bonchev–Trinajstić information content (AvgIpc) is 3.42. The molecule has 0 radical (unpaired) electrons. The first-order valence-corrected chi connectivity index (χ1v) is 10.6. The number of hydrogen-bond acceptors (Lipinski definition) is 7. The molecule has 9 nitrogen and oxygen atoms in total. The van der Waals surface area contributed by atoms with Gasteiger partial charge in [0.15, 0.2) is 11.6 Å². The van der Waals surface area contributed by atoms with Gasteiger partial charge in [-0.1, -0.05) is 12.1 Å². The second-order valence-corrected chi connectivity index (χ2v) is 7.79. The van der Waals surface area contributed by atoms with Gasteiger partial charge in [0.1, 0.15) is 24.1 Å². The van der Waals surface area contributed by atoms with Gasteiger partial charge in [-0.05, 0) is 54.6 Å². The number of nitrogens with zero attached hydrogens (tertiary/aromatic N) is 3. The zero-order chi connectivity index (χ0) is 25.4. The number of anilines is 1. The number of aliphatic hydroxyl groups is 1. The van der Waals surface area contributed by atoms with Crippen molar-refractivity contribution in [3.8, 4) is 6.07 Å². The van der Waals surface area contributed by atoms with Crippen LogP contribution in [-0.2, 0) is 4.74 Å². The molecule has 2 amide bonds. The summed E-state index contributed by atoms with van der Waals surface area (Å²) in [5, 5.41) is 19.9. The predicted octanol–water partition coefficient (Wildman–Crippen LogP) is 4.15. The monoisotopic (exact) mass is 482 g/mol. The fourth-order valence-electron chi connectivity index (χ4n) is 3.81. The highest BCUT2D eigenvalue weighted by Gasteiger charge is 2.37. The van der Waals surface area contributed by atoms with Crippen molar-refractivity contribution in [3.05, 3.63) is 101 Å². The average molecular weight is 482 g/mol. The van der Waals surface area contributed by atoms with Crippen molar-refractivity contribution in [2.45, 2.75) is 0 Å². The minimum atomic E-state index is -0.883. The van der Waals surface area contributed by atoms with E-state index in [9.17, 15) is 29.1 Å². The molecule has 0 fully saturated rings. The Morgan fingerprint density at radius 3 is 2.50 bits per heavy atom. The number of amides is 2. The number of fused-ring (bicyclic) bond motifs is 2. The Hall–Kier alpha value is -5.30. The minimum absolute atomic E-state index is 0.0153. The van der Waals surface area contributed by atoms with E-state index < -0.39 is 36.0 Å². The second kappa shape index (κ2) is 8.81. The Labute approximate surface area is 202 Å². The number of allylic oxidation sites excluding steroid dienone is 1. The molecule has 10 heteroatoms. The number of benzene rings is 3. The van der Waals surface area contributed by atoms with Crippen molar-refractivity contribution >= 4 is 40.1 Å². The van der Waals surface area contributed by atoms with Crippen LogP contribution in [0.5, 0.6) is 0 Å². The molecule has 2 N–H and O–H groups in total. The standard InChI is InChI=1S/C26H15FN4O5/c27-15-6-8-16(9-7-15)31-24(33)17-10-5-14(11-18(17)25(31)34)26(35)36-13-22(32)19(12-28)23-29-20-3-1-2-4-21(20)30-23/h1-11,32H,13H2,(H,29,30)/b22-19-. The molecule has 5 rings (SSSR count). The molecule has 0 atom stereocenters. The van der Waals surface area contributed by atoms with Crippen molar-refractivity contribution in [2.24, 2.45) is 0 Å². The summed E-state index contributed by atoms with van der Waals surface area (Å²) in [4.78, 5) is 46.2. The first-order chi connectivity index (χ1) is 17.4. The zero-order valence-electron chi connectivity index (χ0n) is 18.4. The lowest BCUT2D eigenvalue weighted by atomic mass is 10.1. The van der Waals surface area contributed by atoms with E-state index in [4.69, 9.17) is 4.74 Å². The molecule has 0 saturated heterocycles. The summed E-state index contributed by atoms with van der Waals surface area (Å²) in [6, 6.07) is 17.6. The Morgan fingerprint density at radius 1 is 1.06 bits per heavy atom. The maximum absolute atomic E-state index is 13.2. The van der Waals surface area contributed by atoms with Crippen LogP contribution in [0.4, 0.5) is 10.1 Å². The lowest BCUT2D eigenvalue weighted by molar-refractivity contribution is 0.0502. The quantitative estimate of drug-likeness (QED) is 0.189. The fraction of sp³-hybridized carbons (Fsp3) is 0.0385. The van der Waals surface area contributed by atoms with Crippen LogP contribution in [0, 0.1) is 17.1 Å². The molecule has 2 heterocycles. The molecule has 0 saturated carbocycles. The largest absolute Gasteiger partial charge is 0.507 e. The Bertz CT molecular complexity index is 1600. The number of halogens is 1. The predicted molar refractivity (Wildman–Crippen MR) is 126 cm³/mol. The van der Waals surface area contributed by atoms with Crippen LogP contribution in [0.25, 0.3) is 16.6 Å². The van der Waals surface area contributed by atoms with E-state index in [0.717, 1.165) is 17.0 Å². The number of nitriles is 1. The van der Waals surface area contributed by atoms with Crippen molar-refractivity contribution in [1.29, 1.82) is 5.26 Å². The number of carbonyl (C=O) groups excluding carboxylic acids is 3. The van der Waals surface area contributed by atoms with Gasteiger partial charge in [-0.25, -0.2) is 19.1 Å². The van der Waals surface area contributed by atoms with Crippen LogP contribution in [0.15, 0.2) is 72.5 Å². The highest BCUT2D eigenvalue weighted by Crippen LogP contribution is 2.29. The van der Waals surface area contributed by atoms with Gasteiger partial charge < -0.3 is 14.8 Å². The molecule has 1 aromatic heterocycles. The van der Waals surface area contributed by atoms with Crippen LogP contribution in [0.1, 0.15) is 36.9 Å². The topological polar surface area (TPSA) is 136 Å². The summed E-state index contributed by atoms with van der Waals surface area (Å²) >= 11 is 0. The number of esters is 1. The second-order valence-electron chi connectivity index (χ2n) is 7.79. The number of para-hydroxylation sites is 2. The molecule has 0 bridgehead atoms. The van der Waals surface area contributed by atoms with Gasteiger partial charge in [0.2, 0.25) is 0 Å². The van der Waals surface area contributed by atoms with Gasteiger partial charge in [-0.15, -0.1) is 0 Å². The maximum atomic E-state index is 13.2. The fourth-order valence-corrected chi connectivity index (χ4v) is 3.81. The third-order valence-corrected chi connectivity index (χ3v) is 5.57. The van der Waals surface area contributed by atoms with E-state index in [2.05, 4.69) is 9.97 Å². The Balaban J connectivity index is 1.35. The number of carbonyl (C=O) groups is 3. The van der Waals surface area contributed by atoms with Gasteiger partial charge in [0, 0.05) is 0 Å². The smallest absolute Gasteiger partial charge is 0.338 e.